The summed E-state index contributed by atoms with van der Waals surface area (Å²) in [7, 11) is 0. The third kappa shape index (κ3) is 3.61. The van der Waals surface area contributed by atoms with Crippen LogP contribution in [-0.4, -0.2) is 17.4 Å². The first-order valence-electron chi connectivity index (χ1n) is 14.7. The van der Waals surface area contributed by atoms with E-state index in [2.05, 4.69) is 128 Å². The van der Waals surface area contributed by atoms with Gasteiger partial charge in [-0.25, -0.2) is 0 Å². The van der Waals surface area contributed by atoms with Gasteiger partial charge in [-0.15, -0.1) is 0 Å². The molecule has 3 nitrogen and oxygen atoms in total. The molecule has 2 aliphatic rings. The first-order valence-corrected chi connectivity index (χ1v) is 14.7. The van der Waals surface area contributed by atoms with Gasteiger partial charge >= 0.3 is 0 Å². The van der Waals surface area contributed by atoms with E-state index in [1.54, 1.807) is 0 Å². The fraction of sp³-hybridized carbons (Fsp3) is 0.0500. The number of aromatic nitrogens is 1. The molecular formula is C40H27N3. The van der Waals surface area contributed by atoms with Crippen LogP contribution in [0, 0.1) is 0 Å². The molecule has 0 spiro atoms. The maximum atomic E-state index is 4.96. The molecular weight excluding hydrogens is 522 g/mol. The van der Waals surface area contributed by atoms with Gasteiger partial charge in [0.1, 0.15) is 0 Å². The number of H-pyrrole nitrogens is 1. The Balaban J connectivity index is 1.29. The van der Waals surface area contributed by atoms with Crippen LogP contribution in [0.3, 0.4) is 0 Å². The van der Waals surface area contributed by atoms with E-state index in [0.717, 1.165) is 45.1 Å². The molecule has 0 saturated carbocycles. The Morgan fingerprint density at radius 1 is 0.465 bits per heavy atom. The van der Waals surface area contributed by atoms with E-state index in [1.807, 2.05) is 12.4 Å². The number of aromatic amines is 1. The van der Waals surface area contributed by atoms with Crippen molar-refractivity contribution in [3.8, 4) is 0 Å². The highest BCUT2D eigenvalue weighted by atomic mass is 14.8. The van der Waals surface area contributed by atoms with E-state index in [9.17, 15) is 0 Å². The van der Waals surface area contributed by atoms with Gasteiger partial charge in [-0.2, -0.15) is 0 Å². The van der Waals surface area contributed by atoms with E-state index in [4.69, 9.17) is 9.98 Å². The summed E-state index contributed by atoms with van der Waals surface area (Å²) in [5, 5.41) is 9.77. The number of nitrogens with zero attached hydrogens (tertiary/aromatic N) is 2. The minimum absolute atomic E-state index is 1.02. The summed E-state index contributed by atoms with van der Waals surface area (Å²) in [4.78, 5) is 13.8. The highest BCUT2D eigenvalue weighted by Gasteiger charge is 2.23. The van der Waals surface area contributed by atoms with Gasteiger partial charge in [0.15, 0.2) is 0 Å². The van der Waals surface area contributed by atoms with Crippen molar-refractivity contribution >= 4 is 78.1 Å². The molecule has 0 aliphatic carbocycles. The van der Waals surface area contributed by atoms with Gasteiger partial charge in [0.05, 0.1) is 22.8 Å². The molecule has 2 aliphatic heterocycles. The van der Waals surface area contributed by atoms with Crippen molar-refractivity contribution < 1.29 is 0 Å². The van der Waals surface area contributed by atoms with Crippen LogP contribution in [0.4, 0.5) is 0 Å². The molecule has 43 heavy (non-hydrogen) atoms. The van der Waals surface area contributed by atoms with Gasteiger partial charge in [0.2, 0.25) is 0 Å². The molecule has 1 N–H and O–H groups in total. The summed E-state index contributed by atoms with van der Waals surface area (Å²) in [5.74, 6) is 0. The second-order valence-corrected chi connectivity index (χ2v) is 11.7. The van der Waals surface area contributed by atoms with Crippen molar-refractivity contribution in [3.05, 3.63) is 143 Å². The van der Waals surface area contributed by atoms with Crippen molar-refractivity contribution in [2.75, 3.05) is 0 Å². The minimum Gasteiger partial charge on any atom is -0.354 e. The molecule has 0 atom stereocenters. The molecule has 0 bridgehead atoms. The third-order valence-corrected chi connectivity index (χ3v) is 9.15. The lowest BCUT2D eigenvalue weighted by molar-refractivity contribution is 1.30. The maximum absolute atomic E-state index is 4.96. The summed E-state index contributed by atoms with van der Waals surface area (Å²) in [6.07, 6.45) is 4.01. The van der Waals surface area contributed by atoms with Crippen LogP contribution in [0.15, 0.2) is 119 Å². The zero-order valence-electron chi connectivity index (χ0n) is 23.9. The molecule has 7 aromatic rings. The normalized spacial score (nSPS) is 16.0. The molecule has 0 fully saturated rings. The smallest absolute Gasteiger partial charge is 0.0759 e. The summed E-state index contributed by atoms with van der Waals surface area (Å²) in [6.45, 7) is 4.39. The minimum atomic E-state index is 1.02. The number of nitrogens with one attached hydrogen (secondary N) is 1. The van der Waals surface area contributed by atoms with Crippen LogP contribution >= 0.6 is 0 Å². The van der Waals surface area contributed by atoms with E-state index < -0.39 is 0 Å². The molecule has 0 unspecified atom stereocenters. The van der Waals surface area contributed by atoms with Crippen LogP contribution in [0.2, 0.25) is 0 Å². The highest BCUT2D eigenvalue weighted by molar-refractivity contribution is 6.15. The highest BCUT2D eigenvalue weighted by Crippen LogP contribution is 2.42. The van der Waals surface area contributed by atoms with Crippen molar-refractivity contribution in [1.82, 2.24) is 4.98 Å². The summed E-state index contributed by atoms with van der Waals surface area (Å²) >= 11 is 0. The number of allylic oxidation sites excluding steroid dienone is 2. The first-order chi connectivity index (χ1) is 21.1. The molecule has 6 aromatic carbocycles. The maximum Gasteiger partial charge on any atom is 0.0759 e. The van der Waals surface area contributed by atoms with E-state index in [1.165, 1.54) is 54.2 Å². The molecule has 9 rings (SSSR count). The number of rotatable bonds is 2. The standard InChI is InChI=1S/C40H27N3/c1-23(37-33-17-27-11-5-3-9-25(27)15-31(33)21-41-37)39-35-19-29-13-7-8-14-30(29)20-36(35)40(43-39)24(2)38-34-18-28-12-6-4-10-26(28)16-32(34)22-42-38/h3-22,43H,1-2H3/b37-23-,38-24-. The van der Waals surface area contributed by atoms with Gasteiger partial charge in [0.25, 0.3) is 0 Å². The van der Waals surface area contributed by atoms with Gasteiger partial charge in [-0.3, -0.25) is 9.98 Å². The third-order valence-electron chi connectivity index (χ3n) is 9.15. The molecule has 0 saturated heterocycles. The van der Waals surface area contributed by atoms with Crippen molar-refractivity contribution in [2.45, 2.75) is 13.8 Å². The largest absolute Gasteiger partial charge is 0.354 e. The Labute approximate surface area is 249 Å². The van der Waals surface area contributed by atoms with Crippen LogP contribution in [-0.2, 0) is 0 Å². The van der Waals surface area contributed by atoms with Gasteiger partial charge < -0.3 is 4.98 Å². The molecule has 1 aromatic heterocycles. The fourth-order valence-electron chi connectivity index (χ4n) is 6.89. The lowest BCUT2D eigenvalue weighted by Crippen LogP contribution is -1.91. The van der Waals surface area contributed by atoms with Crippen molar-refractivity contribution in [3.63, 3.8) is 0 Å². The monoisotopic (exact) mass is 549 g/mol. The van der Waals surface area contributed by atoms with Gasteiger partial charge in [0, 0.05) is 45.5 Å². The topological polar surface area (TPSA) is 40.5 Å². The average molecular weight is 550 g/mol. The SMILES string of the molecule is C/C(=C1/N=Cc2cc3ccccc3cc21)c1[nH]c(/C(C)=C2\N=Cc3cc4ccccc4cc32)c2cc3ccccc3cc12. The average Bonchev–Trinajstić information content (AvgIpc) is 3.76. The quantitative estimate of drug-likeness (QED) is 0.223. The number of hydrogen-bond acceptors (Lipinski definition) is 2. The lowest BCUT2D eigenvalue weighted by atomic mass is 9.96. The predicted molar refractivity (Wildman–Crippen MR) is 184 cm³/mol. The van der Waals surface area contributed by atoms with Crippen LogP contribution in [0.5, 0.6) is 0 Å². The molecule has 202 valence electrons. The van der Waals surface area contributed by atoms with Crippen LogP contribution in [0.25, 0.3) is 65.6 Å². The zero-order valence-corrected chi connectivity index (χ0v) is 23.9. The van der Waals surface area contributed by atoms with Crippen LogP contribution in [0.1, 0.15) is 47.5 Å². The number of aliphatic imine (C=N–C) groups is 2. The molecule has 0 amide bonds. The fourth-order valence-corrected chi connectivity index (χ4v) is 6.89. The second-order valence-electron chi connectivity index (χ2n) is 11.7. The Bertz CT molecular complexity index is 2290. The van der Waals surface area contributed by atoms with E-state index in [-0.39, 0.29) is 0 Å². The Morgan fingerprint density at radius 2 is 0.814 bits per heavy atom. The van der Waals surface area contributed by atoms with Crippen molar-refractivity contribution in [2.24, 2.45) is 9.98 Å². The summed E-state index contributed by atoms with van der Waals surface area (Å²) in [5.41, 5.74) is 11.2. The van der Waals surface area contributed by atoms with Crippen molar-refractivity contribution in [1.29, 1.82) is 0 Å². The summed E-state index contributed by atoms with van der Waals surface area (Å²) in [6, 6.07) is 39.3. The predicted octanol–water partition coefficient (Wildman–Crippen LogP) is 10.3. The number of benzene rings is 6. The van der Waals surface area contributed by atoms with E-state index >= 15 is 0 Å². The van der Waals surface area contributed by atoms with Gasteiger partial charge in [-0.1, -0.05) is 72.8 Å². The number of fused-ring (bicyclic) bond motifs is 6. The Kier molecular flexibility index (Phi) is 5.03. The Hall–Kier alpha value is -5.54. The molecule has 0 radical (unpaired) electrons. The summed E-state index contributed by atoms with van der Waals surface area (Å²) < 4.78 is 0. The van der Waals surface area contributed by atoms with Crippen LogP contribution < -0.4 is 0 Å². The van der Waals surface area contributed by atoms with Gasteiger partial charge in [-0.05, 0) is 93.7 Å². The molecule has 3 heterocycles. The Morgan fingerprint density at radius 3 is 1.21 bits per heavy atom. The zero-order chi connectivity index (χ0) is 28.7. The second kappa shape index (κ2) is 8.98. The molecule has 3 heteroatoms. The first kappa shape index (κ1) is 24.1. The van der Waals surface area contributed by atoms with E-state index in [0.29, 0.717) is 0 Å². The lowest BCUT2D eigenvalue weighted by Gasteiger charge is -2.09. The number of hydrogen-bond donors (Lipinski definition) is 1.